The van der Waals surface area contributed by atoms with Gasteiger partial charge in [-0.15, -0.1) is 0 Å². The van der Waals surface area contributed by atoms with E-state index < -0.39 is 5.97 Å². The Labute approximate surface area is 64.8 Å². The third kappa shape index (κ3) is 1.69. The van der Waals surface area contributed by atoms with E-state index in [2.05, 4.69) is 0 Å². The number of aliphatic carboxylic acids is 1. The zero-order chi connectivity index (χ0) is 8.43. The van der Waals surface area contributed by atoms with Crippen molar-refractivity contribution in [1.29, 1.82) is 0 Å². The van der Waals surface area contributed by atoms with Gasteiger partial charge in [-0.05, 0) is 12.8 Å². The van der Waals surface area contributed by atoms with E-state index in [4.69, 9.17) is 0 Å². The Hall–Kier alpha value is -1.06. The Morgan fingerprint density at radius 3 is 2.82 bits per heavy atom. The number of carboxylic acid groups (broad SMARTS) is 1. The van der Waals surface area contributed by atoms with Crippen LogP contribution >= 0.6 is 0 Å². The number of carbonyl (C=O) groups is 2. The fourth-order valence-electron chi connectivity index (χ4n) is 1.29. The predicted molar refractivity (Wildman–Crippen MR) is 35.4 cm³/mol. The maximum absolute atomic E-state index is 11.1. The Morgan fingerprint density at radius 1 is 1.82 bits per heavy atom. The van der Waals surface area contributed by atoms with Gasteiger partial charge in [-0.1, -0.05) is 0 Å². The van der Waals surface area contributed by atoms with Crippen LogP contribution in [0.15, 0.2) is 0 Å². The first-order valence-electron chi connectivity index (χ1n) is 3.56. The van der Waals surface area contributed by atoms with Crippen LogP contribution in [0.3, 0.4) is 0 Å². The van der Waals surface area contributed by atoms with Crippen molar-refractivity contribution in [1.82, 2.24) is 4.90 Å². The van der Waals surface area contributed by atoms with Crippen LogP contribution in [0.25, 0.3) is 0 Å². The number of rotatable bonds is 2. The topological polar surface area (TPSA) is 60.4 Å². The van der Waals surface area contributed by atoms with E-state index in [0.717, 1.165) is 0 Å². The van der Waals surface area contributed by atoms with Gasteiger partial charge in [-0.3, -0.25) is 4.79 Å². The number of hydrogen-bond acceptors (Lipinski definition) is 3. The first kappa shape index (κ1) is 8.04. The van der Waals surface area contributed by atoms with Crippen LogP contribution in [-0.4, -0.2) is 30.4 Å². The van der Waals surface area contributed by atoms with Crippen LogP contribution in [-0.2, 0) is 9.59 Å². The molecule has 0 N–H and O–H groups in total. The van der Waals surface area contributed by atoms with Gasteiger partial charge in [-0.25, -0.2) is 0 Å². The fourth-order valence-corrected chi connectivity index (χ4v) is 1.29. The van der Waals surface area contributed by atoms with Gasteiger partial charge in [0.1, 0.15) is 0 Å². The molecule has 1 fully saturated rings. The van der Waals surface area contributed by atoms with Crippen LogP contribution in [0.5, 0.6) is 0 Å². The third-order valence-corrected chi connectivity index (χ3v) is 1.95. The average molecular weight is 156 g/mol. The van der Waals surface area contributed by atoms with Gasteiger partial charge in [0.05, 0.1) is 0 Å². The normalized spacial score (nSPS) is 24.3. The molecule has 1 amide bonds. The Bertz CT molecular complexity index is 190. The van der Waals surface area contributed by atoms with Gasteiger partial charge >= 0.3 is 0 Å². The van der Waals surface area contributed by atoms with Crippen LogP contribution in [0.1, 0.15) is 12.8 Å². The lowest BCUT2D eigenvalue weighted by Gasteiger charge is -2.09. The molecule has 1 saturated heterocycles. The quantitative estimate of drug-likeness (QED) is 0.494. The van der Waals surface area contributed by atoms with Gasteiger partial charge in [0.15, 0.2) is 0 Å². The molecule has 1 rings (SSSR count). The van der Waals surface area contributed by atoms with Crippen LogP contribution in [0, 0.1) is 5.92 Å². The minimum atomic E-state index is -1.14. The zero-order valence-electron chi connectivity index (χ0n) is 6.37. The summed E-state index contributed by atoms with van der Waals surface area (Å²) in [7, 11) is 1.68. The lowest BCUT2D eigenvalue weighted by molar-refractivity contribution is -0.306. The first-order chi connectivity index (χ1) is 5.11. The zero-order valence-corrected chi connectivity index (χ0v) is 6.37. The Balaban J connectivity index is 2.49. The molecule has 62 valence electrons. The molecular formula is C7H10NO3-. The van der Waals surface area contributed by atoms with Crippen molar-refractivity contribution in [2.45, 2.75) is 12.8 Å². The molecule has 0 aromatic rings. The van der Waals surface area contributed by atoms with Gasteiger partial charge in [0.2, 0.25) is 5.91 Å². The molecule has 0 aromatic carbocycles. The van der Waals surface area contributed by atoms with E-state index in [0.29, 0.717) is 13.0 Å². The molecule has 0 aromatic heterocycles. The second-order valence-corrected chi connectivity index (χ2v) is 2.82. The fraction of sp³-hybridized carbons (Fsp3) is 0.714. The standard InChI is InChI=1S/C7H11NO3/c1-8-3-2-5(7(8)11)4-6(9)10/h5H,2-4H2,1H3,(H,9,10)/p-1. The Morgan fingerprint density at radius 2 is 2.45 bits per heavy atom. The maximum atomic E-state index is 11.1. The van der Waals surface area contributed by atoms with Gasteiger partial charge in [0, 0.05) is 25.5 Å². The van der Waals surface area contributed by atoms with Crippen LogP contribution in [0.4, 0.5) is 0 Å². The summed E-state index contributed by atoms with van der Waals surface area (Å²) in [6.07, 6.45) is 0.506. The highest BCUT2D eigenvalue weighted by atomic mass is 16.4. The summed E-state index contributed by atoms with van der Waals surface area (Å²) in [5.41, 5.74) is 0. The highest BCUT2D eigenvalue weighted by Crippen LogP contribution is 2.18. The molecule has 1 heterocycles. The third-order valence-electron chi connectivity index (χ3n) is 1.95. The van der Waals surface area contributed by atoms with Gasteiger partial charge in [-0.2, -0.15) is 0 Å². The molecule has 11 heavy (non-hydrogen) atoms. The molecule has 1 atom stereocenters. The summed E-state index contributed by atoms with van der Waals surface area (Å²) in [4.78, 5) is 22.8. The summed E-state index contributed by atoms with van der Waals surface area (Å²) in [6, 6.07) is 0. The number of likely N-dealkylation sites (tertiary alicyclic amines) is 1. The molecule has 1 unspecified atom stereocenters. The second-order valence-electron chi connectivity index (χ2n) is 2.82. The summed E-state index contributed by atoms with van der Waals surface area (Å²) in [6.45, 7) is 0.663. The maximum Gasteiger partial charge on any atom is 0.225 e. The van der Waals surface area contributed by atoms with Crippen molar-refractivity contribution >= 4 is 11.9 Å². The van der Waals surface area contributed by atoms with Crippen molar-refractivity contribution in [2.75, 3.05) is 13.6 Å². The lowest BCUT2D eigenvalue weighted by atomic mass is 10.1. The summed E-state index contributed by atoms with van der Waals surface area (Å²) >= 11 is 0. The average Bonchev–Trinajstić information content (AvgIpc) is 2.18. The summed E-state index contributed by atoms with van der Waals surface area (Å²) < 4.78 is 0. The molecule has 4 nitrogen and oxygen atoms in total. The van der Waals surface area contributed by atoms with E-state index in [-0.39, 0.29) is 18.2 Å². The largest absolute Gasteiger partial charge is 0.550 e. The van der Waals surface area contributed by atoms with E-state index in [9.17, 15) is 14.7 Å². The van der Waals surface area contributed by atoms with Crippen molar-refractivity contribution in [3.05, 3.63) is 0 Å². The molecule has 1 aliphatic rings. The molecule has 4 heteroatoms. The van der Waals surface area contributed by atoms with Crippen molar-refractivity contribution in [3.8, 4) is 0 Å². The first-order valence-corrected chi connectivity index (χ1v) is 3.56. The van der Waals surface area contributed by atoms with E-state index in [1.165, 1.54) is 0 Å². The van der Waals surface area contributed by atoms with E-state index >= 15 is 0 Å². The molecule has 0 spiro atoms. The number of carboxylic acids is 1. The molecule has 1 aliphatic heterocycles. The Kier molecular flexibility index (Phi) is 2.12. The number of nitrogens with zero attached hydrogens (tertiary/aromatic N) is 1. The molecule has 0 saturated carbocycles. The molecular weight excluding hydrogens is 146 g/mol. The highest BCUT2D eigenvalue weighted by molar-refractivity contribution is 5.84. The van der Waals surface area contributed by atoms with Gasteiger partial charge < -0.3 is 14.8 Å². The number of hydrogen-bond donors (Lipinski definition) is 0. The predicted octanol–water partition coefficient (Wildman–Crippen LogP) is -1.40. The monoisotopic (exact) mass is 156 g/mol. The smallest absolute Gasteiger partial charge is 0.225 e. The van der Waals surface area contributed by atoms with E-state index in [1.807, 2.05) is 0 Å². The minimum Gasteiger partial charge on any atom is -0.550 e. The summed E-state index contributed by atoms with van der Waals surface area (Å²) in [5.74, 6) is -1.56. The SMILES string of the molecule is CN1CCC(CC(=O)[O-])C1=O. The van der Waals surface area contributed by atoms with Crippen molar-refractivity contribution < 1.29 is 14.7 Å². The van der Waals surface area contributed by atoms with Crippen molar-refractivity contribution in [3.63, 3.8) is 0 Å². The highest BCUT2D eigenvalue weighted by Gasteiger charge is 2.28. The second kappa shape index (κ2) is 2.90. The van der Waals surface area contributed by atoms with Crippen LogP contribution < -0.4 is 5.11 Å². The molecule has 0 bridgehead atoms. The lowest BCUT2D eigenvalue weighted by Crippen LogP contribution is -2.29. The van der Waals surface area contributed by atoms with Crippen molar-refractivity contribution in [2.24, 2.45) is 5.92 Å². The minimum absolute atomic E-state index is 0.0748. The van der Waals surface area contributed by atoms with Gasteiger partial charge in [0.25, 0.3) is 0 Å². The number of carbonyl (C=O) groups excluding carboxylic acids is 2. The van der Waals surface area contributed by atoms with E-state index in [1.54, 1.807) is 11.9 Å². The summed E-state index contributed by atoms with van der Waals surface area (Å²) in [5, 5.41) is 10.1. The van der Waals surface area contributed by atoms with Crippen LogP contribution in [0.2, 0.25) is 0 Å². The number of amides is 1. The molecule has 0 radical (unpaired) electrons. The molecule has 0 aliphatic carbocycles.